The van der Waals surface area contributed by atoms with E-state index in [0.29, 0.717) is 25.7 Å². The van der Waals surface area contributed by atoms with Gasteiger partial charge in [0.05, 0.1) is 12.2 Å². The standard InChI is InChI=1S/C19H39N2O5P/c1-16(2)10-14(11-17(3,4)20(16)22)25-27(9,24)26-15-12-18(5,6)21(23)19(7,8)13-15/h14-15,22-23H,10-13H2,1-9H3. The minimum absolute atomic E-state index is 0.256. The number of hydroxylamine groups is 4. The zero-order valence-electron chi connectivity index (χ0n) is 18.4. The van der Waals surface area contributed by atoms with E-state index in [0.717, 1.165) is 0 Å². The van der Waals surface area contributed by atoms with E-state index in [1.54, 1.807) is 0 Å². The Balaban J connectivity index is 2.08. The summed E-state index contributed by atoms with van der Waals surface area (Å²) in [4.78, 5) is 0. The zero-order valence-corrected chi connectivity index (χ0v) is 19.3. The minimum atomic E-state index is -3.29. The van der Waals surface area contributed by atoms with Crippen molar-refractivity contribution in [1.82, 2.24) is 10.1 Å². The molecular formula is C19H39N2O5P. The molecule has 0 unspecified atom stereocenters. The lowest BCUT2D eigenvalue weighted by Crippen LogP contribution is -2.60. The number of rotatable bonds is 4. The smallest absolute Gasteiger partial charge is 0.313 e. The Kier molecular flexibility index (Phi) is 6.07. The van der Waals surface area contributed by atoms with Crippen molar-refractivity contribution in [2.45, 2.75) is 115 Å². The third-order valence-electron chi connectivity index (χ3n) is 5.88. The summed E-state index contributed by atoms with van der Waals surface area (Å²) >= 11 is 0. The molecule has 2 saturated heterocycles. The number of nitrogens with zero attached hydrogens (tertiary/aromatic N) is 2. The van der Waals surface area contributed by atoms with Crippen LogP contribution in [0.1, 0.15) is 81.1 Å². The van der Waals surface area contributed by atoms with Crippen molar-refractivity contribution in [1.29, 1.82) is 0 Å². The molecule has 0 aromatic carbocycles. The first kappa shape index (κ1) is 23.3. The topological polar surface area (TPSA) is 82.5 Å². The Morgan fingerprint density at radius 1 is 0.704 bits per heavy atom. The maximum atomic E-state index is 13.2. The van der Waals surface area contributed by atoms with Gasteiger partial charge in [0.2, 0.25) is 0 Å². The molecule has 0 radical (unpaired) electrons. The van der Waals surface area contributed by atoms with Crippen molar-refractivity contribution in [3.63, 3.8) is 0 Å². The SMILES string of the molecule is CC1(C)CC(OP(C)(=O)OC2CC(C)(C)N(O)C(C)(C)C2)CC(C)(C)N1O. The van der Waals surface area contributed by atoms with E-state index in [2.05, 4.69) is 0 Å². The lowest BCUT2D eigenvalue weighted by molar-refractivity contribution is -0.258. The van der Waals surface area contributed by atoms with Gasteiger partial charge >= 0.3 is 7.60 Å². The summed E-state index contributed by atoms with van der Waals surface area (Å²) < 4.78 is 25.1. The second-order valence-corrected chi connectivity index (χ2v) is 12.9. The number of piperidine rings is 2. The van der Waals surface area contributed by atoms with Gasteiger partial charge in [0, 0.05) is 28.8 Å². The molecule has 2 aliphatic rings. The van der Waals surface area contributed by atoms with Crippen LogP contribution in [-0.2, 0) is 13.6 Å². The van der Waals surface area contributed by atoms with Crippen LogP contribution >= 0.6 is 7.60 Å². The van der Waals surface area contributed by atoms with E-state index in [4.69, 9.17) is 9.05 Å². The monoisotopic (exact) mass is 406 g/mol. The lowest BCUT2D eigenvalue weighted by Gasteiger charge is -2.52. The molecule has 0 aromatic heterocycles. The van der Waals surface area contributed by atoms with E-state index in [9.17, 15) is 15.0 Å². The van der Waals surface area contributed by atoms with Gasteiger partial charge in [-0.25, -0.2) is 0 Å². The van der Waals surface area contributed by atoms with Crippen LogP contribution in [0.3, 0.4) is 0 Å². The van der Waals surface area contributed by atoms with Crippen molar-refractivity contribution < 1.29 is 24.0 Å². The van der Waals surface area contributed by atoms with Crippen molar-refractivity contribution in [3.8, 4) is 0 Å². The second kappa shape index (κ2) is 7.05. The largest absolute Gasteiger partial charge is 0.328 e. The highest BCUT2D eigenvalue weighted by atomic mass is 31.2. The van der Waals surface area contributed by atoms with Gasteiger partial charge in [-0.05, 0) is 81.1 Å². The molecular weight excluding hydrogens is 367 g/mol. The molecule has 0 spiro atoms. The van der Waals surface area contributed by atoms with Gasteiger partial charge in [-0.1, -0.05) is 0 Å². The molecule has 2 aliphatic heterocycles. The second-order valence-electron chi connectivity index (χ2n) is 10.9. The molecule has 0 saturated carbocycles. The van der Waals surface area contributed by atoms with E-state index in [-0.39, 0.29) is 12.2 Å². The van der Waals surface area contributed by atoms with Crippen LogP contribution in [-0.4, -0.2) is 61.6 Å². The van der Waals surface area contributed by atoms with Gasteiger partial charge in [0.1, 0.15) is 0 Å². The van der Waals surface area contributed by atoms with Gasteiger partial charge in [-0.3, -0.25) is 4.57 Å². The molecule has 0 amide bonds. The average molecular weight is 407 g/mol. The maximum absolute atomic E-state index is 13.2. The van der Waals surface area contributed by atoms with Crippen LogP contribution in [0.5, 0.6) is 0 Å². The van der Waals surface area contributed by atoms with Crippen molar-refractivity contribution in [3.05, 3.63) is 0 Å². The fourth-order valence-corrected chi connectivity index (χ4v) is 6.50. The van der Waals surface area contributed by atoms with Crippen molar-refractivity contribution in [2.75, 3.05) is 6.66 Å². The third-order valence-corrected chi connectivity index (χ3v) is 7.25. The summed E-state index contributed by atoms with van der Waals surface area (Å²) in [5.74, 6) is 0. The third kappa shape index (κ3) is 5.13. The molecule has 27 heavy (non-hydrogen) atoms. The molecule has 160 valence electrons. The Morgan fingerprint density at radius 3 is 1.15 bits per heavy atom. The Hall–Kier alpha value is -0.0100. The first-order valence-corrected chi connectivity index (χ1v) is 11.8. The molecule has 2 heterocycles. The van der Waals surface area contributed by atoms with Crippen LogP contribution in [0.4, 0.5) is 0 Å². The summed E-state index contributed by atoms with van der Waals surface area (Å²) in [7, 11) is -3.29. The molecule has 7 nitrogen and oxygen atoms in total. The molecule has 2 rings (SSSR count). The highest BCUT2D eigenvalue weighted by Crippen LogP contribution is 2.53. The molecule has 8 heteroatoms. The van der Waals surface area contributed by atoms with E-state index in [1.807, 2.05) is 55.4 Å². The van der Waals surface area contributed by atoms with Crippen molar-refractivity contribution in [2.24, 2.45) is 0 Å². The fraction of sp³-hybridized carbons (Fsp3) is 1.00. The summed E-state index contributed by atoms with van der Waals surface area (Å²) in [6.45, 7) is 17.1. The molecule has 0 aliphatic carbocycles. The predicted octanol–water partition coefficient (Wildman–Crippen LogP) is 4.66. The Bertz CT molecular complexity index is 521. The first-order valence-electron chi connectivity index (χ1n) is 9.81. The van der Waals surface area contributed by atoms with Crippen LogP contribution in [0, 0.1) is 0 Å². The summed E-state index contributed by atoms with van der Waals surface area (Å²) in [6, 6.07) is 0. The average Bonchev–Trinajstić information content (AvgIpc) is 2.39. The maximum Gasteiger partial charge on any atom is 0.328 e. The number of hydrogen-bond donors (Lipinski definition) is 2. The minimum Gasteiger partial charge on any atom is -0.313 e. The quantitative estimate of drug-likeness (QED) is 0.657. The highest BCUT2D eigenvalue weighted by Gasteiger charge is 2.49. The highest BCUT2D eigenvalue weighted by molar-refractivity contribution is 7.53. The van der Waals surface area contributed by atoms with Crippen LogP contribution in [0.25, 0.3) is 0 Å². The van der Waals surface area contributed by atoms with Crippen LogP contribution in [0.2, 0.25) is 0 Å². The van der Waals surface area contributed by atoms with E-state index < -0.39 is 29.8 Å². The van der Waals surface area contributed by atoms with Crippen molar-refractivity contribution >= 4 is 7.60 Å². The summed E-state index contributed by atoms with van der Waals surface area (Å²) in [5.41, 5.74) is -1.89. The predicted molar refractivity (Wildman–Crippen MR) is 105 cm³/mol. The zero-order chi connectivity index (χ0) is 21.1. The van der Waals surface area contributed by atoms with Gasteiger partial charge in [0.15, 0.2) is 0 Å². The Labute approximate surface area is 164 Å². The van der Waals surface area contributed by atoms with Crippen LogP contribution < -0.4 is 0 Å². The molecule has 0 bridgehead atoms. The molecule has 2 N–H and O–H groups in total. The van der Waals surface area contributed by atoms with Gasteiger partial charge in [0.25, 0.3) is 0 Å². The molecule has 2 fully saturated rings. The summed E-state index contributed by atoms with van der Waals surface area (Å²) in [5, 5.41) is 23.6. The fourth-order valence-electron chi connectivity index (χ4n) is 5.07. The molecule has 0 atom stereocenters. The molecule has 0 aromatic rings. The number of hydrogen-bond acceptors (Lipinski definition) is 7. The Morgan fingerprint density at radius 2 is 0.926 bits per heavy atom. The summed E-state index contributed by atoms with van der Waals surface area (Å²) in [6.07, 6.45) is 1.77. The first-order chi connectivity index (χ1) is 11.9. The van der Waals surface area contributed by atoms with Crippen LogP contribution in [0.15, 0.2) is 0 Å². The van der Waals surface area contributed by atoms with Gasteiger partial charge < -0.3 is 19.5 Å². The van der Waals surface area contributed by atoms with E-state index >= 15 is 0 Å². The van der Waals surface area contributed by atoms with Gasteiger partial charge in [-0.2, -0.15) is 10.1 Å². The van der Waals surface area contributed by atoms with Gasteiger partial charge in [-0.15, -0.1) is 0 Å². The normalized spacial score (nSPS) is 29.7. The van der Waals surface area contributed by atoms with E-state index in [1.165, 1.54) is 16.8 Å². The lowest BCUT2D eigenvalue weighted by atomic mass is 9.80.